The fraction of sp³-hybridized carbons (Fsp3) is 0.651. The number of rotatable bonds is 30. The molecule has 336 valence electrons. The van der Waals surface area contributed by atoms with Crippen LogP contribution in [0.5, 0.6) is 0 Å². The Labute approximate surface area is 353 Å². The Morgan fingerprint density at radius 3 is 1.68 bits per heavy atom. The van der Waals surface area contributed by atoms with Crippen molar-refractivity contribution >= 4 is 53.7 Å². The van der Waals surface area contributed by atoms with Gasteiger partial charge in [0.2, 0.25) is 35.4 Å². The fourth-order valence-electron chi connectivity index (χ4n) is 6.23. The Balaban J connectivity index is 3.46. The van der Waals surface area contributed by atoms with E-state index in [1.165, 1.54) is 0 Å². The van der Waals surface area contributed by atoms with Crippen molar-refractivity contribution in [2.45, 2.75) is 162 Å². The molecule has 17 heteroatoms. The Kier molecular flexibility index (Phi) is 24.7. The van der Waals surface area contributed by atoms with Crippen LogP contribution in [0.2, 0.25) is 0 Å². The van der Waals surface area contributed by atoms with Crippen LogP contribution in [0.3, 0.4) is 0 Å². The summed E-state index contributed by atoms with van der Waals surface area (Å²) in [4.78, 5) is 117. The predicted octanol–water partition coefficient (Wildman–Crippen LogP) is 2.79. The van der Waals surface area contributed by atoms with Crippen LogP contribution >= 0.6 is 0 Å². The summed E-state index contributed by atoms with van der Waals surface area (Å²) in [5.41, 5.74) is 0.586. The van der Waals surface area contributed by atoms with E-state index in [1.807, 2.05) is 27.7 Å². The van der Waals surface area contributed by atoms with Crippen LogP contribution in [0, 0.1) is 17.8 Å². The molecule has 1 unspecified atom stereocenters. The standard InChI is InChI=1S/C43H68N6O11/c1-8-11-13-18-30(38(54)48-34(43(59)60)23-26(4)5)44-39(55)31(19-20-36(52)53)45-41(57)33(25-29-16-14-12-15-17-29)47-40(56)32(21-22-50)46-42(58)37(28(7)10-3)49-35(51)24-27(6)9-2/h12,14-17,22,26-28,30-34,37H,8-11,13,18-21,23-25H2,1-7H3,(H,44,55)(H,45,57)(H,46,58)(H,47,56)(H,48,54)(H,49,51)(H,52,53)(H,59,60)/t27-,28-,30?,31-,32-,33-,34-,37-/m0/s1. The molecular formula is C43H68N6O11. The highest BCUT2D eigenvalue weighted by atomic mass is 16.4. The molecule has 6 amide bonds. The molecule has 0 aliphatic rings. The molecule has 0 aromatic heterocycles. The van der Waals surface area contributed by atoms with E-state index in [0.29, 0.717) is 31.1 Å². The van der Waals surface area contributed by atoms with E-state index in [9.17, 15) is 53.4 Å². The predicted molar refractivity (Wildman–Crippen MR) is 224 cm³/mol. The van der Waals surface area contributed by atoms with Gasteiger partial charge in [0.05, 0.1) is 0 Å². The van der Waals surface area contributed by atoms with E-state index in [1.54, 1.807) is 51.1 Å². The van der Waals surface area contributed by atoms with Gasteiger partial charge in [-0.25, -0.2) is 4.79 Å². The van der Waals surface area contributed by atoms with E-state index in [0.717, 1.165) is 12.8 Å². The lowest BCUT2D eigenvalue weighted by atomic mass is 9.96. The molecule has 0 heterocycles. The minimum Gasteiger partial charge on any atom is -0.481 e. The first-order valence-corrected chi connectivity index (χ1v) is 21.1. The molecule has 0 fully saturated rings. The van der Waals surface area contributed by atoms with Crippen LogP contribution in [0.4, 0.5) is 0 Å². The second kappa shape index (κ2) is 28.2. The molecule has 0 aliphatic carbocycles. The average molecular weight is 845 g/mol. The summed E-state index contributed by atoms with van der Waals surface area (Å²) >= 11 is 0. The van der Waals surface area contributed by atoms with Gasteiger partial charge >= 0.3 is 11.9 Å². The number of amides is 6. The molecule has 0 radical (unpaired) electrons. The summed E-state index contributed by atoms with van der Waals surface area (Å²) in [5, 5.41) is 34.7. The third kappa shape index (κ3) is 20.1. The minimum absolute atomic E-state index is 0.0691. The SMILES string of the molecule is CCCCCC(NC(=O)[C@H](CCC(=O)O)NC(=O)[C@H](Cc1ccccc1)NC(=O)[C@H](CC=O)NC(=O)[C@@H](NC(=O)C[C@@H](C)CC)[C@@H](C)CC)C(=O)N[C@@H](CC(C)C)C(=O)O. The van der Waals surface area contributed by atoms with E-state index in [4.69, 9.17) is 0 Å². The van der Waals surface area contributed by atoms with Gasteiger partial charge in [-0.3, -0.25) is 33.6 Å². The van der Waals surface area contributed by atoms with Crippen molar-refractivity contribution in [2.75, 3.05) is 0 Å². The largest absolute Gasteiger partial charge is 0.481 e. The molecule has 0 saturated heterocycles. The van der Waals surface area contributed by atoms with Crippen LogP contribution in [0.25, 0.3) is 0 Å². The fourth-order valence-corrected chi connectivity index (χ4v) is 6.23. The van der Waals surface area contributed by atoms with Crippen LogP contribution in [0.15, 0.2) is 30.3 Å². The molecule has 0 saturated carbocycles. The van der Waals surface area contributed by atoms with Crippen molar-refractivity contribution in [3.8, 4) is 0 Å². The zero-order chi connectivity index (χ0) is 45.4. The van der Waals surface area contributed by atoms with Crippen molar-refractivity contribution in [1.29, 1.82) is 0 Å². The second-order valence-corrected chi connectivity index (χ2v) is 15.9. The summed E-state index contributed by atoms with van der Waals surface area (Å²) in [6.07, 6.45) is 2.55. The Hall–Kier alpha value is -5.35. The first kappa shape index (κ1) is 52.7. The number of carbonyl (C=O) groups is 9. The van der Waals surface area contributed by atoms with E-state index >= 15 is 0 Å². The van der Waals surface area contributed by atoms with Gasteiger partial charge in [0.15, 0.2) is 0 Å². The number of carboxylic acids is 2. The molecule has 1 aromatic rings. The van der Waals surface area contributed by atoms with Crippen molar-refractivity contribution in [3.05, 3.63) is 35.9 Å². The first-order valence-electron chi connectivity index (χ1n) is 21.1. The van der Waals surface area contributed by atoms with E-state index < -0.39 is 97.0 Å². The summed E-state index contributed by atoms with van der Waals surface area (Å²) in [6.45, 7) is 13.0. The number of carboxylic acid groups (broad SMARTS) is 2. The lowest BCUT2D eigenvalue weighted by Gasteiger charge is -2.28. The zero-order valence-electron chi connectivity index (χ0n) is 36.2. The number of benzene rings is 1. The summed E-state index contributed by atoms with van der Waals surface area (Å²) in [5.74, 6) is -7.37. The smallest absolute Gasteiger partial charge is 0.326 e. The Morgan fingerprint density at radius 2 is 1.17 bits per heavy atom. The highest BCUT2D eigenvalue weighted by Crippen LogP contribution is 2.14. The van der Waals surface area contributed by atoms with E-state index in [-0.39, 0.29) is 49.3 Å². The Bertz CT molecular complexity index is 1570. The van der Waals surface area contributed by atoms with E-state index in [2.05, 4.69) is 31.9 Å². The summed E-state index contributed by atoms with van der Waals surface area (Å²) < 4.78 is 0. The number of hydrogen-bond donors (Lipinski definition) is 8. The van der Waals surface area contributed by atoms with Crippen molar-refractivity contribution < 1.29 is 53.4 Å². The summed E-state index contributed by atoms with van der Waals surface area (Å²) in [6, 6.07) is 0.666. The normalized spacial score (nSPS) is 15.1. The third-order valence-electron chi connectivity index (χ3n) is 10.3. The molecule has 17 nitrogen and oxygen atoms in total. The van der Waals surface area contributed by atoms with Gasteiger partial charge in [-0.1, -0.05) is 111 Å². The first-order chi connectivity index (χ1) is 28.4. The maximum absolute atomic E-state index is 14.1. The van der Waals surface area contributed by atoms with Gasteiger partial charge in [-0.05, 0) is 42.6 Å². The molecule has 8 atom stereocenters. The molecule has 1 aromatic carbocycles. The van der Waals surface area contributed by atoms with Crippen LogP contribution in [-0.4, -0.2) is 100 Å². The highest BCUT2D eigenvalue weighted by molar-refractivity contribution is 5.97. The molecule has 60 heavy (non-hydrogen) atoms. The number of hydrogen-bond acceptors (Lipinski definition) is 9. The highest BCUT2D eigenvalue weighted by Gasteiger charge is 2.34. The molecule has 0 bridgehead atoms. The quantitative estimate of drug-likeness (QED) is 0.0412. The van der Waals surface area contributed by atoms with Crippen molar-refractivity contribution in [2.24, 2.45) is 17.8 Å². The number of carbonyl (C=O) groups excluding carboxylic acids is 7. The molecule has 0 aliphatic heterocycles. The number of unbranched alkanes of at least 4 members (excludes halogenated alkanes) is 2. The second-order valence-electron chi connectivity index (χ2n) is 15.9. The third-order valence-corrected chi connectivity index (χ3v) is 10.3. The van der Waals surface area contributed by atoms with Gasteiger partial charge in [-0.2, -0.15) is 0 Å². The maximum Gasteiger partial charge on any atom is 0.326 e. The minimum atomic E-state index is -1.52. The van der Waals surface area contributed by atoms with Gasteiger partial charge in [-0.15, -0.1) is 0 Å². The topological polar surface area (TPSA) is 266 Å². The average Bonchev–Trinajstić information content (AvgIpc) is 3.19. The van der Waals surface area contributed by atoms with Crippen molar-refractivity contribution in [3.63, 3.8) is 0 Å². The van der Waals surface area contributed by atoms with Crippen LogP contribution in [-0.2, 0) is 49.6 Å². The number of aldehydes is 1. The monoisotopic (exact) mass is 844 g/mol. The van der Waals surface area contributed by atoms with Gasteiger partial charge in [0.1, 0.15) is 42.5 Å². The molecule has 8 N–H and O–H groups in total. The van der Waals surface area contributed by atoms with Crippen molar-refractivity contribution in [1.82, 2.24) is 31.9 Å². The summed E-state index contributed by atoms with van der Waals surface area (Å²) in [7, 11) is 0. The molecule has 1 rings (SSSR count). The van der Waals surface area contributed by atoms with Crippen LogP contribution < -0.4 is 31.9 Å². The molecular weight excluding hydrogens is 777 g/mol. The van der Waals surface area contributed by atoms with Gasteiger partial charge < -0.3 is 46.9 Å². The van der Waals surface area contributed by atoms with Crippen LogP contribution in [0.1, 0.15) is 125 Å². The number of nitrogens with one attached hydrogen (secondary N) is 6. The number of aliphatic carboxylic acids is 2. The Morgan fingerprint density at radius 1 is 0.633 bits per heavy atom. The lowest BCUT2D eigenvalue weighted by molar-refractivity contribution is -0.143. The lowest BCUT2D eigenvalue weighted by Crippen LogP contribution is -2.60. The van der Waals surface area contributed by atoms with Gasteiger partial charge in [0, 0.05) is 25.7 Å². The van der Waals surface area contributed by atoms with Gasteiger partial charge in [0.25, 0.3) is 0 Å². The maximum atomic E-state index is 14.1. The zero-order valence-corrected chi connectivity index (χ0v) is 36.2. The molecule has 0 spiro atoms.